The summed E-state index contributed by atoms with van der Waals surface area (Å²) in [5.41, 5.74) is -4.98. The Morgan fingerprint density at radius 2 is 1.88 bits per heavy atom. The Hall–Kier alpha value is -2.45. The number of carbonyl (C=O) groups is 1. The molecule has 0 bridgehead atoms. The van der Waals surface area contributed by atoms with Crippen molar-refractivity contribution in [1.82, 2.24) is 4.57 Å². The Morgan fingerprint density at radius 3 is 2.32 bits per heavy atom. The minimum atomic E-state index is -5.17. The minimum absolute atomic E-state index is 0.0267. The van der Waals surface area contributed by atoms with Crippen molar-refractivity contribution in [2.75, 3.05) is 0 Å². The number of hydrogen-bond donors (Lipinski definition) is 1. The molecule has 2 aromatic rings. The van der Waals surface area contributed by atoms with E-state index in [9.17, 15) is 36.6 Å². The quantitative estimate of drug-likeness (QED) is 0.844. The molecule has 134 valence electrons. The molecule has 1 aliphatic rings. The van der Waals surface area contributed by atoms with Crippen LogP contribution < -0.4 is 5.43 Å². The van der Waals surface area contributed by atoms with Crippen molar-refractivity contribution in [3.05, 3.63) is 44.7 Å². The Labute approximate surface area is 137 Å². The highest BCUT2D eigenvalue weighted by Gasteiger charge is 2.41. The van der Waals surface area contributed by atoms with Crippen molar-refractivity contribution < 1.29 is 31.9 Å². The van der Waals surface area contributed by atoms with Crippen LogP contribution in [0.4, 0.5) is 22.0 Å². The predicted molar refractivity (Wildman–Crippen MR) is 77.7 cm³/mol. The van der Waals surface area contributed by atoms with Crippen LogP contribution in [0, 0.1) is 11.6 Å². The lowest BCUT2D eigenvalue weighted by Crippen LogP contribution is -2.27. The molecular formula is C16H12F5NO3. The number of carboxylic acid groups (broad SMARTS) is 1. The third-order valence-electron chi connectivity index (χ3n) is 4.22. The van der Waals surface area contributed by atoms with E-state index in [1.54, 1.807) is 0 Å². The van der Waals surface area contributed by atoms with Gasteiger partial charge in [-0.15, -0.1) is 0 Å². The number of alkyl halides is 3. The summed E-state index contributed by atoms with van der Waals surface area (Å²) in [6, 6.07) is -0.556. The normalized spacial score (nSPS) is 15.0. The molecule has 0 spiro atoms. The highest BCUT2D eigenvalue weighted by Crippen LogP contribution is 2.44. The molecule has 1 aromatic carbocycles. The first kappa shape index (κ1) is 17.4. The van der Waals surface area contributed by atoms with Crippen LogP contribution in [0.15, 0.2) is 10.9 Å². The van der Waals surface area contributed by atoms with Gasteiger partial charge in [-0.2, -0.15) is 13.2 Å². The second kappa shape index (κ2) is 5.53. The first-order valence-corrected chi connectivity index (χ1v) is 7.49. The van der Waals surface area contributed by atoms with Crippen LogP contribution in [-0.2, 0) is 12.6 Å². The average Bonchev–Trinajstić information content (AvgIpc) is 3.28. The lowest BCUT2D eigenvalue weighted by Gasteiger charge is -2.22. The molecule has 3 rings (SSSR count). The maximum absolute atomic E-state index is 14.2. The van der Waals surface area contributed by atoms with E-state index in [-0.39, 0.29) is 18.2 Å². The topological polar surface area (TPSA) is 59.3 Å². The lowest BCUT2D eigenvalue weighted by atomic mass is 10.0. The monoisotopic (exact) mass is 361 g/mol. The standard InChI is InChI=1S/C16H12F5NO3/c1-2-9-11(15(24)25)14(23)10-7(17)5-8(18)12(16(19,20)21)13(10)22(9)6-3-4-6/h5-6H,2-4H2,1H3,(H,24,25). The highest BCUT2D eigenvalue weighted by atomic mass is 19.4. The van der Waals surface area contributed by atoms with E-state index in [1.165, 1.54) is 6.92 Å². The molecule has 0 amide bonds. The number of halogens is 5. The summed E-state index contributed by atoms with van der Waals surface area (Å²) in [7, 11) is 0. The van der Waals surface area contributed by atoms with E-state index in [4.69, 9.17) is 0 Å². The van der Waals surface area contributed by atoms with E-state index >= 15 is 0 Å². The molecule has 0 atom stereocenters. The number of fused-ring (bicyclic) bond motifs is 1. The van der Waals surface area contributed by atoms with Gasteiger partial charge < -0.3 is 9.67 Å². The molecule has 0 aliphatic heterocycles. The Kier molecular flexibility index (Phi) is 3.85. The van der Waals surface area contributed by atoms with Crippen molar-refractivity contribution in [2.24, 2.45) is 0 Å². The zero-order valence-corrected chi connectivity index (χ0v) is 12.9. The van der Waals surface area contributed by atoms with Gasteiger partial charge in [0.05, 0.1) is 10.9 Å². The molecule has 1 aliphatic carbocycles. The van der Waals surface area contributed by atoms with Gasteiger partial charge in [0.25, 0.3) is 0 Å². The molecule has 9 heteroatoms. The lowest BCUT2D eigenvalue weighted by molar-refractivity contribution is -0.138. The molecule has 0 saturated heterocycles. The van der Waals surface area contributed by atoms with Crippen LogP contribution in [0.25, 0.3) is 10.9 Å². The largest absolute Gasteiger partial charge is 0.477 e. The Balaban J connectivity index is 2.68. The van der Waals surface area contributed by atoms with Crippen LogP contribution in [0.2, 0.25) is 0 Å². The molecule has 1 aromatic heterocycles. The maximum Gasteiger partial charge on any atom is 0.421 e. The predicted octanol–water partition coefficient (Wildman–Crippen LogP) is 3.89. The van der Waals surface area contributed by atoms with E-state index in [0.29, 0.717) is 12.8 Å². The van der Waals surface area contributed by atoms with E-state index in [0.717, 1.165) is 4.57 Å². The summed E-state index contributed by atoms with van der Waals surface area (Å²) in [4.78, 5) is 23.9. The fourth-order valence-electron chi connectivity index (χ4n) is 3.15. The zero-order valence-electron chi connectivity index (χ0n) is 12.9. The van der Waals surface area contributed by atoms with Crippen molar-refractivity contribution in [3.63, 3.8) is 0 Å². The summed E-state index contributed by atoms with van der Waals surface area (Å²) in [6.07, 6.45) is -4.38. The molecule has 1 heterocycles. The maximum atomic E-state index is 14.2. The first-order chi connectivity index (χ1) is 11.6. The smallest absolute Gasteiger partial charge is 0.421 e. The first-order valence-electron chi connectivity index (χ1n) is 7.49. The zero-order chi connectivity index (χ0) is 18.7. The molecule has 0 unspecified atom stereocenters. The second-order valence-electron chi connectivity index (χ2n) is 5.85. The third-order valence-corrected chi connectivity index (χ3v) is 4.22. The number of rotatable bonds is 3. The van der Waals surface area contributed by atoms with Crippen LogP contribution in [0.1, 0.15) is 47.4 Å². The number of pyridine rings is 1. The molecular weight excluding hydrogens is 349 g/mol. The van der Waals surface area contributed by atoms with Gasteiger partial charge in [-0.05, 0) is 19.3 Å². The fourth-order valence-corrected chi connectivity index (χ4v) is 3.15. The summed E-state index contributed by atoms with van der Waals surface area (Å²) in [5.74, 6) is -5.00. The molecule has 1 saturated carbocycles. The van der Waals surface area contributed by atoms with E-state index in [2.05, 4.69) is 0 Å². The number of nitrogens with zero attached hydrogens (tertiary/aromatic N) is 1. The van der Waals surface area contributed by atoms with Gasteiger partial charge in [-0.25, -0.2) is 13.6 Å². The molecule has 1 fully saturated rings. The summed E-state index contributed by atoms with van der Waals surface area (Å²) in [5, 5.41) is 8.26. The van der Waals surface area contributed by atoms with Gasteiger partial charge in [-0.1, -0.05) is 6.92 Å². The third kappa shape index (κ3) is 2.58. The Bertz CT molecular complexity index is 957. The molecule has 1 N–H and O–H groups in total. The Morgan fingerprint density at radius 1 is 1.28 bits per heavy atom. The molecule has 25 heavy (non-hydrogen) atoms. The summed E-state index contributed by atoms with van der Waals surface area (Å²) in [6.45, 7) is 1.47. The average molecular weight is 361 g/mol. The number of aromatic carboxylic acids is 1. The summed E-state index contributed by atoms with van der Waals surface area (Å²) < 4.78 is 69.4. The van der Waals surface area contributed by atoms with Crippen molar-refractivity contribution in [3.8, 4) is 0 Å². The van der Waals surface area contributed by atoms with Gasteiger partial charge in [-0.3, -0.25) is 4.79 Å². The highest BCUT2D eigenvalue weighted by molar-refractivity contribution is 5.95. The number of carboxylic acids is 1. The second-order valence-corrected chi connectivity index (χ2v) is 5.85. The van der Waals surface area contributed by atoms with Crippen LogP contribution >= 0.6 is 0 Å². The van der Waals surface area contributed by atoms with Crippen molar-refractivity contribution >= 4 is 16.9 Å². The number of hydrogen-bond acceptors (Lipinski definition) is 2. The van der Waals surface area contributed by atoms with Gasteiger partial charge in [0.15, 0.2) is 0 Å². The minimum Gasteiger partial charge on any atom is -0.477 e. The number of benzene rings is 1. The van der Waals surface area contributed by atoms with Gasteiger partial charge in [0.1, 0.15) is 22.8 Å². The van der Waals surface area contributed by atoms with Crippen LogP contribution in [0.3, 0.4) is 0 Å². The molecule has 4 nitrogen and oxygen atoms in total. The number of aromatic nitrogens is 1. The van der Waals surface area contributed by atoms with E-state index in [1.807, 2.05) is 0 Å². The van der Waals surface area contributed by atoms with Crippen molar-refractivity contribution in [1.29, 1.82) is 0 Å². The van der Waals surface area contributed by atoms with E-state index < -0.39 is 57.3 Å². The van der Waals surface area contributed by atoms with Crippen LogP contribution in [0.5, 0.6) is 0 Å². The van der Waals surface area contributed by atoms with Crippen LogP contribution in [-0.4, -0.2) is 15.6 Å². The van der Waals surface area contributed by atoms with Crippen molar-refractivity contribution in [2.45, 2.75) is 38.4 Å². The van der Waals surface area contributed by atoms with Gasteiger partial charge >= 0.3 is 12.1 Å². The van der Waals surface area contributed by atoms with Gasteiger partial charge in [0, 0.05) is 17.8 Å². The summed E-state index contributed by atoms with van der Waals surface area (Å²) >= 11 is 0. The SMILES string of the molecule is CCc1c(C(=O)O)c(=O)c2c(F)cc(F)c(C(F)(F)F)c2n1C1CC1. The molecule has 0 radical (unpaired) electrons. The van der Waals surface area contributed by atoms with Gasteiger partial charge in [0.2, 0.25) is 5.43 Å². The fraction of sp³-hybridized carbons (Fsp3) is 0.375.